The van der Waals surface area contributed by atoms with E-state index < -0.39 is 0 Å². The first-order valence-corrected chi connectivity index (χ1v) is 18.8. The van der Waals surface area contributed by atoms with E-state index in [2.05, 4.69) is 103 Å². The van der Waals surface area contributed by atoms with Crippen LogP contribution < -0.4 is 4.90 Å². The summed E-state index contributed by atoms with van der Waals surface area (Å²) in [6, 6.07) is 62.9. The first-order chi connectivity index (χ1) is 29.4. The van der Waals surface area contributed by atoms with E-state index in [0.717, 1.165) is 60.2 Å². The Bertz CT molecular complexity index is 3470. The third-order valence-electron chi connectivity index (χ3n) is 10.9. The summed E-state index contributed by atoms with van der Waals surface area (Å²) in [5.41, 5.74) is 8.16. The van der Waals surface area contributed by atoms with Crippen LogP contribution in [0.3, 0.4) is 0 Å². The Balaban J connectivity index is 1.09. The van der Waals surface area contributed by atoms with Crippen molar-refractivity contribution in [1.29, 1.82) is 0 Å². The summed E-state index contributed by atoms with van der Waals surface area (Å²) < 4.78 is 44.7. The van der Waals surface area contributed by atoms with Gasteiger partial charge in [-0.15, -0.1) is 0 Å². The van der Waals surface area contributed by atoms with Crippen LogP contribution in [-0.4, -0.2) is 0 Å². The third-order valence-corrected chi connectivity index (χ3v) is 10.9. The highest BCUT2D eigenvalue weighted by Crippen LogP contribution is 2.45. The number of hydrogen-bond acceptors (Lipinski definition) is 2. The van der Waals surface area contributed by atoms with Crippen molar-refractivity contribution in [2.45, 2.75) is 0 Å². The van der Waals surface area contributed by atoms with Crippen LogP contribution in [0.2, 0.25) is 0 Å². The number of fused-ring (bicyclic) bond motifs is 7. The molecule has 1 heterocycles. The average molecular weight is 718 g/mol. The van der Waals surface area contributed by atoms with Crippen molar-refractivity contribution in [2.24, 2.45) is 0 Å². The molecule has 1 aromatic heterocycles. The molecular weight excluding hydrogens is 679 g/mol. The minimum absolute atomic E-state index is 0.108. The van der Waals surface area contributed by atoms with Gasteiger partial charge in [-0.2, -0.15) is 0 Å². The Kier molecular flexibility index (Phi) is 6.60. The van der Waals surface area contributed by atoms with Crippen molar-refractivity contribution in [1.82, 2.24) is 0 Å². The van der Waals surface area contributed by atoms with Gasteiger partial charge >= 0.3 is 0 Å². The molecule has 56 heavy (non-hydrogen) atoms. The normalized spacial score (nSPS) is 12.6. The Hall–Kier alpha value is -7.42. The van der Waals surface area contributed by atoms with E-state index in [4.69, 9.17) is 4.42 Å². The largest absolute Gasteiger partial charge is 0.455 e. The lowest BCUT2D eigenvalue weighted by atomic mass is 9.97. The van der Waals surface area contributed by atoms with Gasteiger partial charge in [0.15, 0.2) is 0 Å². The number of rotatable bonds is 6. The maximum atomic E-state index is 9.63. The van der Waals surface area contributed by atoms with Gasteiger partial charge in [0.25, 0.3) is 0 Å². The predicted octanol–water partition coefficient (Wildman–Crippen LogP) is 15.5. The van der Waals surface area contributed by atoms with Gasteiger partial charge in [0.05, 0.1) is 16.6 Å². The molecule has 0 saturated heterocycles. The molecule has 11 rings (SSSR count). The van der Waals surface area contributed by atoms with E-state index in [1.165, 1.54) is 10.8 Å². The molecule has 262 valence electrons. The molecule has 0 aliphatic rings. The molecule has 0 atom stereocenters. The quantitative estimate of drug-likeness (QED) is 0.170. The maximum absolute atomic E-state index is 9.63. The van der Waals surface area contributed by atoms with Crippen LogP contribution in [0.1, 0.15) is 5.48 Å². The zero-order valence-electron chi connectivity index (χ0n) is 34.3. The van der Waals surface area contributed by atoms with E-state index in [-0.39, 0.29) is 35.4 Å². The van der Waals surface area contributed by atoms with E-state index in [9.17, 15) is 5.48 Å². The van der Waals surface area contributed by atoms with Gasteiger partial charge in [0, 0.05) is 22.1 Å². The molecule has 0 fully saturated rings. The SMILES string of the molecule is [2H]c1c([2H])c(N(c2ccc(-c3cccc(-c4ccc5ccccc5c4)c3)cc2)c2cccc3oc4c5ccccc5ccc4c23)c([2H])c([2H])c1-c1ccc2ccccc2c1. The fourth-order valence-corrected chi connectivity index (χ4v) is 8.07. The number of furan rings is 1. The summed E-state index contributed by atoms with van der Waals surface area (Å²) in [5, 5.41) is 8.17. The topological polar surface area (TPSA) is 16.4 Å². The first kappa shape index (κ1) is 28.1. The van der Waals surface area contributed by atoms with Crippen LogP contribution in [0.4, 0.5) is 17.1 Å². The fraction of sp³-hybridized carbons (Fsp3) is 0. The van der Waals surface area contributed by atoms with Crippen molar-refractivity contribution in [2.75, 3.05) is 4.90 Å². The highest BCUT2D eigenvalue weighted by molar-refractivity contribution is 6.19. The summed E-state index contributed by atoms with van der Waals surface area (Å²) in [6.45, 7) is 0. The predicted molar refractivity (Wildman–Crippen MR) is 237 cm³/mol. The van der Waals surface area contributed by atoms with Gasteiger partial charge < -0.3 is 9.32 Å². The monoisotopic (exact) mass is 717 g/mol. The van der Waals surface area contributed by atoms with Crippen LogP contribution in [0.25, 0.3) is 87.6 Å². The summed E-state index contributed by atoms with van der Waals surface area (Å²) >= 11 is 0. The second-order valence-corrected chi connectivity index (χ2v) is 14.2. The minimum Gasteiger partial charge on any atom is -0.455 e. The van der Waals surface area contributed by atoms with Crippen LogP contribution in [-0.2, 0) is 0 Å². The van der Waals surface area contributed by atoms with Crippen molar-refractivity contribution in [3.63, 3.8) is 0 Å². The molecule has 0 N–H and O–H groups in total. The van der Waals surface area contributed by atoms with Gasteiger partial charge in [-0.3, -0.25) is 0 Å². The highest BCUT2D eigenvalue weighted by Gasteiger charge is 2.20. The smallest absolute Gasteiger partial charge is 0.143 e. The lowest BCUT2D eigenvalue weighted by molar-refractivity contribution is 0.672. The zero-order chi connectivity index (χ0) is 40.5. The zero-order valence-corrected chi connectivity index (χ0v) is 30.3. The molecule has 11 aromatic rings. The third kappa shape index (κ3) is 5.51. The van der Waals surface area contributed by atoms with E-state index in [1.54, 1.807) is 0 Å². The van der Waals surface area contributed by atoms with Gasteiger partial charge in [-0.05, 0) is 121 Å². The first-order valence-electron chi connectivity index (χ1n) is 20.8. The minimum atomic E-state index is -0.137. The molecule has 0 unspecified atom stereocenters. The van der Waals surface area contributed by atoms with Gasteiger partial charge in [0.1, 0.15) is 11.2 Å². The number of anilines is 3. The standard InChI is InChI=1S/C54H35NO/c1-3-12-41-34-45(21-19-36(41)9-1)39-25-30-48(31-26-39)55(51-17-8-18-52-53(51)50-32-27-40-11-5-6-16-49(40)54(50)56-52)47-28-23-38(24-29-47)43-14-7-15-44(33-43)46-22-20-37-10-2-4-13-42(37)35-46/h1-35H/i25D,26D,30D,31D. The van der Waals surface area contributed by atoms with Crippen LogP contribution in [0.5, 0.6) is 0 Å². The summed E-state index contributed by atoms with van der Waals surface area (Å²) in [7, 11) is 0. The number of benzene rings is 10. The second kappa shape index (κ2) is 13.2. The molecule has 2 nitrogen and oxygen atoms in total. The van der Waals surface area contributed by atoms with Crippen LogP contribution in [0, 0.1) is 0 Å². The summed E-state index contributed by atoms with van der Waals surface area (Å²) in [5.74, 6) is 0. The lowest BCUT2D eigenvalue weighted by Crippen LogP contribution is -2.10. The number of nitrogens with zero attached hydrogens (tertiary/aromatic N) is 1. The second-order valence-electron chi connectivity index (χ2n) is 14.2. The average Bonchev–Trinajstić information content (AvgIpc) is 3.70. The molecule has 0 saturated carbocycles. The molecule has 0 spiro atoms. The van der Waals surface area contributed by atoms with E-state index in [0.29, 0.717) is 22.5 Å². The maximum Gasteiger partial charge on any atom is 0.143 e. The molecular formula is C54H35NO. The van der Waals surface area contributed by atoms with Crippen molar-refractivity contribution < 1.29 is 9.90 Å². The number of hydrogen-bond donors (Lipinski definition) is 0. The summed E-state index contributed by atoms with van der Waals surface area (Å²) in [6.07, 6.45) is 0. The van der Waals surface area contributed by atoms with Gasteiger partial charge in [-0.1, -0.05) is 152 Å². The van der Waals surface area contributed by atoms with Crippen LogP contribution in [0.15, 0.2) is 217 Å². The van der Waals surface area contributed by atoms with Crippen LogP contribution >= 0.6 is 0 Å². The Morgan fingerprint density at radius 2 is 0.911 bits per heavy atom. The van der Waals surface area contributed by atoms with E-state index in [1.807, 2.05) is 89.8 Å². The highest BCUT2D eigenvalue weighted by atomic mass is 16.3. The Labute approximate surface area is 330 Å². The Morgan fingerprint density at radius 3 is 1.62 bits per heavy atom. The molecule has 0 aliphatic heterocycles. The van der Waals surface area contributed by atoms with Crippen molar-refractivity contribution in [3.8, 4) is 33.4 Å². The molecule has 2 heteroatoms. The fourth-order valence-electron chi connectivity index (χ4n) is 8.07. The van der Waals surface area contributed by atoms with Crippen molar-refractivity contribution in [3.05, 3.63) is 212 Å². The molecule has 0 amide bonds. The molecule has 0 bridgehead atoms. The van der Waals surface area contributed by atoms with Crippen molar-refractivity contribution >= 4 is 71.3 Å². The Morgan fingerprint density at radius 1 is 0.357 bits per heavy atom. The van der Waals surface area contributed by atoms with Gasteiger partial charge in [-0.25, -0.2) is 0 Å². The lowest BCUT2D eigenvalue weighted by Gasteiger charge is -2.26. The molecule has 0 radical (unpaired) electrons. The molecule has 10 aromatic carbocycles. The van der Waals surface area contributed by atoms with Gasteiger partial charge in [0.2, 0.25) is 0 Å². The molecule has 0 aliphatic carbocycles. The summed E-state index contributed by atoms with van der Waals surface area (Å²) in [4.78, 5) is 1.87. The van der Waals surface area contributed by atoms with E-state index >= 15 is 0 Å².